The largest absolute Gasteiger partial charge is 0.451 e. The van der Waals surface area contributed by atoms with Crippen LogP contribution in [0.25, 0.3) is 11.0 Å². The summed E-state index contributed by atoms with van der Waals surface area (Å²) < 4.78 is 5.81. The van der Waals surface area contributed by atoms with Gasteiger partial charge in [-0.3, -0.25) is 14.6 Å². The van der Waals surface area contributed by atoms with Gasteiger partial charge < -0.3 is 24.4 Å². The number of nitrogens with zero attached hydrogens (tertiary/aromatic N) is 4. The summed E-state index contributed by atoms with van der Waals surface area (Å²) in [4.78, 5) is 36.2. The van der Waals surface area contributed by atoms with Gasteiger partial charge in [0, 0.05) is 56.4 Å². The van der Waals surface area contributed by atoms with Crippen LogP contribution < -0.4 is 5.32 Å². The number of furan rings is 1. The zero-order valence-corrected chi connectivity index (χ0v) is 16.8. The second-order valence-electron chi connectivity index (χ2n) is 8.53. The number of likely N-dealkylation sites (N-methyl/N-ethyl adjacent to an activating group) is 1. The molecule has 0 aromatic carbocycles. The van der Waals surface area contributed by atoms with Crippen molar-refractivity contribution < 1.29 is 14.0 Å². The molecule has 0 radical (unpaired) electrons. The maximum atomic E-state index is 12.7. The number of nitrogens with one attached hydrogen (secondary N) is 1. The van der Waals surface area contributed by atoms with Gasteiger partial charge in [0.05, 0.1) is 0 Å². The van der Waals surface area contributed by atoms with Crippen LogP contribution in [0.15, 0.2) is 22.7 Å². The van der Waals surface area contributed by atoms with E-state index in [0.717, 1.165) is 51.0 Å². The average Bonchev–Trinajstić information content (AvgIpc) is 3.18. The fourth-order valence-electron chi connectivity index (χ4n) is 4.70. The lowest BCUT2D eigenvalue weighted by Crippen LogP contribution is -2.57. The average molecular weight is 397 g/mol. The lowest BCUT2D eigenvalue weighted by Gasteiger charge is -2.44. The number of carbonyl (C=O) groups is 2. The van der Waals surface area contributed by atoms with E-state index in [1.54, 1.807) is 18.3 Å². The van der Waals surface area contributed by atoms with Gasteiger partial charge in [0.15, 0.2) is 5.76 Å². The van der Waals surface area contributed by atoms with E-state index in [-0.39, 0.29) is 17.9 Å². The molecular weight excluding hydrogens is 370 g/mol. The third-order valence-electron chi connectivity index (χ3n) is 6.61. The zero-order chi connectivity index (χ0) is 20.0. The molecule has 4 saturated heterocycles. The molecule has 8 heteroatoms. The van der Waals surface area contributed by atoms with Crippen molar-refractivity contribution in [1.82, 2.24) is 25.0 Å². The predicted octanol–water partition coefficient (Wildman–Crippen LogP) is 1.04. The second-order valence-corrected chi connectivity index (χ2v) is 8.53. The molecule has 2 aromatic rings. The van der Waals surface area contributed by atoms with Crippen molar-refractivity contribution in [2.45, 2.75) is 18.9 Å². The quantitative estimate of drug-likeness (QED) is 0.834. The van der Waals surface area contributed by atoms with Gasteiger partial charge in [0.1, 0.15) is 11.3 Å². The number of amides is 2. The van der Waals surface area contributed by atoms with Crippen molar-refractivity contribution in [3.63, 3.8) is 0 Å². The molecule has 8 nitrogen and oxygen atoms in total. The molecule has 0 saturated carbocycles. The Morgan fingerprint density at radius 1 is 1.10 bits per heavy atom. The molecule has 6 rings (SSSR count). The molecule has 2 bridgehead atoms. The van der Waals surface area contributed by atoms with E-state index in [9.17, 15) is 9.59 Å². The summed E-state index contributed by atoms with van der Waals surface area (Å²) in [5, 5.41) is 3.89. The van der Waals surface area contributed by atoms with Crippen LogP contribution in [-0.2, 0) is 0 Å². The van der Waals surface area contributed by atoms with Crippen LogP contribution >= 0.6 is 0 Å². The van der Waals surface area contributed by atoms with E-state index in [2.05, 4.69) is 27.1 Å². The molecular formula is C21H27N5O3. The molecule has 6 heterocycles. The van der Waals surface area contributed by atoms with Crippen molar-refractivity contribution in [1.29, 1.82) is 0 Å². The number of carbonyl (C=O) groups excluding carboxylic acids is 2. The standard InChI is InChI=1S/C21H27N5O3/c1-24-6-8-26(9-7-24)21(28)19-10-15-12-22-16(11-18(15)29-19)20(27)23-17-13-25-4-2-14(17)3-5-25/h10-12,14,17H,2-9,13H2,1H3,(H,23,27)/t17-/m0/s1. The molecule has 2 amide bonds. The summed E-state index contributed by atoms with van der Waals surface area (Å²) >= 11 is 0. The lowest BCUT2D eigenvalue weighted by atomic mass is 9.84. The van der Waals surface area contributed by atoms with Crippen LogP contribution in [0.3, 0.4) is 0 Å². The molecule has 4 fully saturated rings. The van der Waals surface area contributed by atoms with Crippen LogP contribution in [0.2, 0.25) is 0 Å². The Morgan fingerprint density at radius 2 is 1.86 bits per heavy atom. The van der Waals surface area contributed by atoms with Gasteiger partial charge in [-0.25, -0.2) is 0 Å². The first kappa shape index (κ1) is 18.6. The molecule has 4 aliphatic heterocycles. The van der Waals surface area contributed by atoms with E-state index in [4.69, 9.17) is 4.42 Å². The van der Waals surface area contributed by atoms with E-state index in [1.165, 1.54) is 0 Å². The Bertz CT molecular complexity index is 926. The summed E-state index contributed by atoms with van der Waals surface area (Å²) in [6.45, 7) is 6.29. The van der Waals surface area contributed by atoms with E-state index < -0.39 is 0 Å². The molecule has 0 aliphatic carbocycles. The number of piperazine rings is 1. The summed E-state index contributed by atoms with van der Waals surface area (Å²) in [6, 6.07) is 3.55. The molecule has 29 heavy (non-hydrogen) atoms. The smallest absolute Gasteiger partial charge is 0.289 e. The maximum absolute atomic E-state index is 12.7. The van der Waals surface area contributed by atoms with Gasteiger partial charge in [0.2, 0.25) is 0 Å². The Kier molecular flexibility index (Phi) is 4.75. The van der Waals surface area contributed by atoms with Crippen molar-refractivity contribution in [3.05, 3.63) is 29.8 Å². The minimum Gasteiger partial charge on any atom is -0.451 e. The molecule has 154 valence electrons. The first-order valence-electron chi connectivity index (χ1n) is 10.5. The first-order valence-corrected chi connectivity index (χ1v) is 10.5. The molecule has 0 spiro atoms. The minimum absolute atomic E-state index is 0.104. The Labute approximate surface area is 169 Å². The van der Waals surface area contributed by atoms with Crippen LogP contribution in [0, 0.1) is 5.92 Å². The molecule has 0 unspecified atom stereocenters. The van der Waals surface area contributed by atoms with Gasteiger partial charge >= 0.3 is 0 Å². The Hall–Kier alpha value is -2.45. The summed E-state index contributed by atoms with van der Waals surface area (Å²) in [5.41, 5.74) is 0.860. The second kappa shape index (κ2) is 7.42. The third kappa shape index (κ3) is 3.62. The van der Waals surface area contributed by atoms with Gasteiger partial charge in [-0.2, -0.15) is 0 Å². The van der Waals surface area contributed by atoms with Gasteiger partial charge in [0.25, 0.3) is 11.8 Å². The highest BCUT2D eigenvalue weighted by Crippen LogP contribution is 2.28. The zero-order valence-electron chi connectivity index (χ0n) is 16.8. The van der Waals surface area contributed by atoms with Gasteiger partial charge in [-0.15, -0.1) is 0 Å². The normalized spacial score (nSPS) is 27.3. The molecule has 2 aromatic heterocycles. The fraction of sp³-hybridized carbons (Fsp3) is 0.571. The van der Waals surface area contributed by atoms with Gasteiger partial charge in [-0.05, 0) is 45.0 Å². The Morgan fingerprint density at radius 3 is 2.55 bits per heavy atom. The minimum atomic E-state index is -0.172. The highest BCUT2D eigenvalue weighted by molar-refractivity contribution is 5.98. The van der Waals surface area contributed by atoms with Crippen LogP contribution in [0.1, 0.15) is 33.9 Å². The molecule has 1 N–H and O–H groups in total. The van der Waals surface area contributed by atoms with E-state index >= 15 is 0 Å². The summed E-state index contributed by atoms with van der Waals surface area (Å²) in [7, 11) is 2.05. The van der Waals surface area contributed by atoms with Crippen LogP contribution in [-0.4, -0.2) is 90.4 Å². The van der Waals surface area contributed by atoms with Crippen molar-refractivity contribution >= 4 is 22.8 Å². The molecule has 4 aliphatic rings. The van der Waals surface area contributed by atoms with Crippen molar-refractivity contribution in [2.75, 3.05) is 52.9 Å². The first-order chi connectivity index (χ1) is 14.1. The highest BCUT2D eigenvalue weighted by atomic mass is 16.3. The maximum Gasteiger partial charge on any atom is 0.289 e. The number of piperidine rings is 3. The van der Waals surface area contributed by atoms with Crippen LogP contribution in [0.4, 0.5) is 0 Å². The summed E-state index contributed by atoms with van der Waals surface area (Å²) in [5.74, 6) is 0.590. The van der Waals surface area contributed by atoms with Crippen molar-refractivity contribution in [3.8, 4) is 0 Å². The number of aromatic nitrogens is 1. The SMILES string of the molecule is CN1CCN(C(=O)c2cc3cnc(C(=O)N[C@H]4CN5CCC4CC5)cc3o2)CC1. The number of rotatable bonds is 3. The van der Waals surface area contributed by atoms with Crippen molar-refractivity contribution in [2.24, 2.45) is 5.92 Å². The highest BCUT2D eigenvalue weighted by Gasteiger charge is 2.35. The van der Waals surface area contributed by atoms with Gasteiger partial charge in [-0.1, -0.05) is 0 Å². The number of hydrogen-bond acceptors (Lipinski definition) is 6. The predicted molar refractivity (Wildman–Crippen MR) is 108 cm³/mol. The number of fused-ring (bicyclic) bond motifs is 4. The van der Waals surface area contributed by atoms with E-state index in [0.29, 0.717) is 36.0 Å². The van der Waals surface area contributed by atoms with E-state index in [1.807, 2.05) is 4.90 Å². The fourth-order valence-corrected chi connectivity index (χ4v) is 4.70. The van der Waals surface area contributed by atoms with Crippen LogP contribution in [0.5, 0.6) is 0 Å². The summed E-state index contributed by atoms with van der Waals surface area (Å²) in [6.07, 6.45) is 3.91. The molecule has 1 atom stereocenters. The number of pyridine rings is 1. The number of hydrogen-bond donors (Lipinski definition) is 1. The topological polar surface area (TPSA) is 81.9 Å². The third-order valence-corrected chi connectivity index (χ3v) is 6.61. The Balaban J connectivity index is 1.30. The monoisotopic (exact) mass is 397 g/mol. The lowest BCUT2D eigenvalue weighted by molar-refractivity contribution is 0.0617.